The molecule has 1 aliphatic heterocycles. The summed E-state index contributed by atoms with van der Waals surface area (Å²) in [5, 5.41) is 0. The highest BCUT2D eigenvalue weighted by molar-refractivity contribution is 14.1. The molecular formula is C14H17ClINO. The normalized spacial score (nSPS) is 19.9. The average molecular weight is 378 g/mol. The maximum Gasteiger partial charge on any atom is 0.255 e. The first-order valence-corrected chi connectivity index (χ1v) is 7.88. The smallest absolute Gasteiger partial charge is 0.255 e. The number of carbonyl (C=O) groups is 1. The van der Waals surface area contributed by atoms with Crippen LogP contribution in [0.25, 0.3) is 0 Å². The fraction of sp³-hybridized carbons (Fsp3) is 0.500. The van der Waals surface area contributed by atoms with Gasteiger partial charge in [-0.25, -0.2) is 0 Å². The van der Waals surface area contributed by atoms with E-state index in [4.69, 9.17) is 11.6 Å². The second kappa shape index (κ2) is 6.24. The van der Waals surface area contributed by atoms with Gasteiger partial charge < -0.3 is 4.90 Å². The van der Waals surface area contributed by atoms with Crippen molar-refractivity contribution in [2.45, 2.75) is 32.2 Å². The molecule has 0 N–H and O–H groups in total. The van der Waals surface area contributed by atoms with E-state index >= 15 is 0 Å². The second-order valence-corrected chi connectivity index (χ2v) is 6.13. The summed E-state index contributed by atoms with van der Waals surface area (Å²) >= 11 is 8.24. The molecule has 1 amide bonds. The van der Waals surface area contributed by atoms with Gasteiger partial charge >= 0.3 is 0 Å². The Morgan fingerprint density at radius 2 is 2.28 bits per heavy atom. The van der Waals surface area contributed by atoms with Gasteiger partial charge in [0.1, 0.15) is 0 Å². The zero-order valence-electron chi connectivity index (χ0n) is 10.5. The van der Waals surface area contributed by atoms with E-state index in [1.165, 1.54) is 6.42 Å². The van der Waals surface area contributed by atoms with Gasteiger partial charge in [0.25, 0.3) is 5.91 Å². The fourth-order valence-corrected chi connectivity index (χ4v) is 3.31. The molecular weight excluding hydrogens is 361 g/mol. The van der Waals surface area contributed by atoms with Crippen LogP contribution in [0.3, 0.4) is 0 Å². The highest BCUT2D eigenvalue weighted by Gasteiger charge is 2.27. The Balaban J connectivity index is 2.27. The van der Waals surface area contributed by atoms with Crippen LogP contribution >= 0.6 is 34.2 Å². The molecule has 18 heavy (non-hydrogen) atoms. The predicted molar refractivity (Wildman–Crippen MR) is 83.3 cm³/mol. The van der Waals surface area contributed by atoms with Crippen molar-refractivity contribution < 1.29 is 4.79 Å². The minimum atomic E-state index is 0.133. The molecule has 1 unspecified atom stereocenters. The lowest BCUT2D eigenvalue weighted by Crippen LogP contribution is -2.45. The third-order valence-corrected chi connectivity index (χ3v) is 5.28. The number of hydrogen-bond acceptors (Lipinski definition) is 1. The van der Waals surface area contributed by atoms with Gasteiger partial charge in [-0.3, -0.25) is 4.79 Å². The molecule has 1 heterocycles. The molecule has 0 saturated carbocycles. The Labute approximate surface area is 127 Å². The zero-order valence-corrected chi connectivity index (χ0v) is 13.4. The van der Waals surface area contributed by atoms with Crippen molar-refractivity contribution in [3.8, 4) is 0 Å². The Kier molecular flexibility index (Phi) is 4.90. The van der Waals surface area contributed by atoms with Crippen LogP contribution in [0.5, 0.6) is 0 Å². The summed E-state index contributed by atoms with van der Waals surface area (Å²) in [4.78, 5) is 14.6. The minimum absolute atomic E-state index is 0.133. The number of likely N-dealkylation sites (tertiary alicyclic amines) is 1. The summed E-state index contributed by atoms with van der Waals surface area (Å²) in [6, 6.07) is 6.10. The largest absolute Gasteiger partial charge is 0.334 e. The molecule has 0 radical (unpaired) electrons. The Morgan fingerprint density at radius 1 is 1.50 bits per heavy atom. The van der Waals surface area contributed by atoms with Crippen LogP contribution in [0.2, 0.25) is 0 Å². The van der Waals surface area contributed by atoms with Crippen molar-refractivity contribution in [1.82, 2.24) is 4.90 Å². The number of piperidine rings is 1. The third kappa shape index (κ3) is 2.82. The molecule has 4 heteroatoms. The lowest BCUT2D eigenvalue weighted by Gasteiger charge is -2.35. The quantitative estimate of drug-likeness (QED) is 0.566. The molecule has 0 aromatic heterocycles. The Bertz CT molecular complexity index is 449. The van der Waals surface area contributed by atoms with Crippen molar-refractivity contribution in [3.63, 3.8) is 0 Å². The van der Waals surface area contributed by atoms with Gasteiger partial charge in [0.2, 0.25) is 0 Å². The van der Waals surface area contributed by atoms with Gasteiger partial charge in [0.15, 0.2) is 0 Å². The predicted octanol–water partition coefficient (Wildman–Crippen LogP) is 3.83. The highest BCUT2D eigenvalue weighted by Crippen LogP contribution is 2.24. The standard InChI is InChI=1S/C14H17ClINO/c1-10-5-4-7-12(13(10)16)14(18)17-8-3-2-6-11(17)9-15/h4-5,7,11H,2-3,6,8-9H2,1H3. The SMILES string of the molecule is Cc1cccc(C(=O)N2CCCCC2CCl)c1I. The lowest BCUT2D eigenvalue weighted by atomic mass is 10.0. The molecule has 1 aliphatic rings. The van der Waals surface area contributed by atoms with Crippen LogP contribution in [0.4, 0.5) is 0 Å². The number of carbonyl (C=O) groups excluding carboxylic acids is 1. The first-order chi connectivity index (χ1) is 8.65. The summed E-state index contributed by atoms with van der Waals surface area (Å²) in [5.74, 6) is 0.669. The van der Waals surface area contributed by atoms with E-state index in [-0.39, 0.29) is 11.9 Å². The molecule has 98 valence electrons. The average Bonchev–Trinajstić information content (AvgIpc) is 2.41. The van der Waals surface area contributed by atoms with Crippen LogP contribution in [0.15, 0.2) is 18.2 Å². The first-order valence-electron chi connectivity index (χ1n) is 6.27. The topological polar surface area (TPSA) is 20.3 Å². The number of aryl methyl sites for hydroxylation is 1. The summed E-state index contributed by atoms with van der Waals surface area (Å²) in [6.45, 7) is 2.87. The van der Waals surface area contributed by atoms with Crippen LogP contribution in [-0.4, -0.2) is 29.3 Å². The number of nitrogens with zero attached hydrogens (tertiary/aromatic N) is 1. The summed E-state index contributed by atoms with van der Waals surface area (Å²) < 4.78 is 1.05. The van der Waals surface area contributed by atoms with Crippen molar-refractivity contribution in [1.29, 1.82) is 0 Å². The highest BCUT2D eigenvalue weighted by atomic mass is 127. The number of amides is 1. The molecule has 1 aromatic carbocycles. The summed E-state index contributed by atoms with van der Waals surface area (Å²) in [7, 11) is 0. The van der Waals surface area contributed by atoms with Crippen molar-refractivity contribution in [2.75, 3.05) is 12.4 Å². The third-order valence-electron chi connectivity index (χ3n) is 3.49. The summed E-state index contributed by atoms with van der Waals surface area (Å²) in [5.41, 5.74) is 1.97. The van der Waals surface area contributed by atoms with Gasteiger partial charge in [-0.05, 0) is 60.4 Å². The maximum atomic E-state index is 12.6. The maximum absolute atomic E-state index is 12.6. The van der Waals surface area contributed by atoms with E-state index in [2.05, 4.69) is 22.6 Å². The van der Waals surface area contributed by atoms with E-state index < -0.39 is 0 Å². The van der Waals surface area contributed by atoms with Crippen LogP contribution in [0, 0.1) is 10.5 Å². The van der Waals surface area contributed by atoms with Gasteiger partial charge in [-0.2, -0.15) is 0 Å². The van der Waals surface area contributed by atoms with E-state index in [1.54, 1.807) is 0 Å². The zero-order chi connectivity index (χ0) is 13.1. The van der Waals surface area contributed by atoms with E-state index in [0.717, 1.165) is 34.1 Å². The van der Waals surface area contributed by atoms with E-state index in [0.29, 0.717) is 5.88 Å². The minimum Gasteiger partial charge on any atom is -0.334 e. The number of hydrogen-bond donors (Lipinski definition) is 0. The number of halogens is 2. The molecule has 1 aromatic rings. The molecule has 0 bridgehead atoms. The number of alkyl halides is 1. The fourth-order valence-electron chi connectivity index (χ4n) is 2.40. The van der Waals surface area contributed by atoms with E-state index in [9.17, 15) is 4.79 Å². The number of benzene rings is 1. The van der Waals surface area contributed by atoms with Gasteiger partial charge in [-0.1, -0.05) is 12.1 Å². The first kappa shape index (κ1) is 14.1. The Morgan fingerprint density at radius 3 is 3.00 bits per heavy atom. The molecule has 2 nitrogen and oxygen atoms in total. The lowest BCUT2D eigenvalue weighted by molar-refractivity contribution is 0.0638. The van der Waals surface area contributed by atoms with Crippen LogP contribution in [0.1, 0.15) is 35.2 Å². The van der Waals surface area contributed by atoms with E-state index in [1.807, 2.05) is 30.0 Å². The Hall–Kier alpha value is -0.290. The molecule has 1 atom stereocenters. The monoisotopic (exact) mass is 377 g/mol. The molecule has 0 spiro atoms. The second-order valence-electron chi connectivity index (χ2n) is 4.74. The number of rotatable bonds is 2. The van der Waals surface area contributed by atoms with Gasteiger partial charge in [0.05, 0.1) is 5.56 Å². The van der Waals surface area contributed by atoms with Crippen molar-refractivity contribution in [2.24, 2.45) is 0 Å². The van der Waals surface area contributed by atoms with Crippen molar-refractivity contribution >= 4 is 40.1 Å². The molecule has 0 aliphatic carbocycles. The van der Waals surface area contributed by atoms with Crippen molar-refractivity contribution in [3.05, 3.63) is 32.9 Å². The van der Waals surface area contributed by atoms with Crippen LogP contribution < -0.4 is 0 Å². The summed E-state index contributed by atoms with van der Waals surface area (Å²) in [6.07, 6.45) is 3.28. The van der Waals surface area contributed by atoms with Crippen LogP contribution in [-0.2, 0) is 0 Å². The van der Waals surface area contributed by atoms with Gasteiger partial charge in [0, 0.05) is 22.0 Å². The molecule has 1 saturated heterocycles. The van der Waals surface area contributed by atoms with Gasteiger partial charge in [-0.15, -0.1) is 11.6 Å². The molecule has 2 rings (SSSR count). The molecule has 1 fully saturated rings.